The van der Waals surface area contributed by atoms with Gasteiger partial charge in [-0.15, -0.1) is 0 Å². The van der Waals surface area contributed by atoms with Gasteiger partial charge in [0.25, 0.3) is 0 Å². The Bertz CT molecular complexity index is 471. The lowest BCUT2D eigenvalue weighted by atomic mass is 9.85. The van der Waals surface area contributed by atoms with Gasteiger partial charge in [0.2, 0.25) is 5.91 Å². The van der Waals surface area contributed by atoms with Crippen molar-refractivity contribution in [2.24, 2.45) is 10.4 Å². The van der Waals surface area contributed by atoms with E-state index < -0.39 is 0 Å². The van der Waals surface area contributed by atoms with E-state index in [4.69, 9.17) is 4.99 Å². The number of methoxy groups -OCH3 is 1. The van der Waals surface area contributed by atoms with Crippen molar-refractivity contribution in [2.75, 3.05) is 40.8 Å². The van der Waals surface area contributed by atoms with Gasteiger partial charge in [-0.05, 0) is 32.6 Å². The quantitative estimate of drug-likeness (QED) is 0.266. The average molecular weight is 369 g/mol. The summed E-state index contributed by atoms with van der Waals surface area (Å²) in [7, 11) is 5.06. The van der Waals surface area contributed by atoms with E-state index >= 15 is 0 Å². The van der Waals surface area contributed by atoms with Crippen molar-refractivity contribution in [2.45, 2.75) is 58.3 Å². The Balaban J connectivity index is 2.49. The summed E-state index contributed by atoms with van der Waals surface area (Å²) < 4.78 is 4.64. The molecule has 0 spiro atoms. The molecule has 0 bridgehead atoms. The molecule has 0 aromatic carbocycles. The number of hydrogen-bond acceptors (Lipinski definition) is 4. The second-order valence-electron chi connectivity index (χ2n) is 7.20. The van der Waals surface area contributed by atoms with E-state index in [0.29, 0.717) is 13.0 Å². The first kappa shape index (κ1) is 22.3. The Morgan fingerprint density at radius 2 is 1.81 bits per heavy atom. The van der Waals surface area contributed by atoms with Crippen molar-refractivity contribution in [1.82, 2.24) is 15.5 Å². The molecular weight excluding hydrogens is 332 g/mol. The highest BCUT2D eigenvalue weighted by molar-refractivity contribution is 5.84. The number of hydrogen-bond donors (Lipinski definition) is 2. The molecule has 26 heavy (non-hydrogen) atoms. The lowest BCUT2D eigenvalue weighted by Crippen LogP contribution is -2.43. The molecule has 1 fully saturated rings. The van der Waals surface area contributed by atoms with Crippen molar-refractivity contribution in [3.05, 3.63) is 0 Å². The SMILES string of the molecule is CCNC(=NCC1(C(=O)N(C)C)CCCC1)NCCCCCC(=O)OC. The monoisotopic (exact) mass is 368 g/mol. The van der Waals surface area contributed by atoms with Gasteiger partial charge in [0.05, 0.1) is 19.1 Å². The summed E-state index contributed by atoms with van der Waals surface area (Å²) in [6.45, 7) is 4.13. The summed E-state index contributed by atoms with van der Waals surface area (Å²) in [6, 6.07) is 0. The maximum atomic E-state index is 12.6. The van der Waals surface area contributed by atoms with Gasteiger partial charge < -0.3 is 20.3 Å². The predicted octanol–water partition coefficient (Wildman–Crippen LogP) is 1.92. The lowest BCUT2D eigenvalue weighted by molar-refractivity contribution is -0.141. The second-order valence-corrected chi connectivity index (χ2v) is 7.20. The molecule has 1 aliphatic rings. The van der Waals surface area contributed by atoms with Crippen LogP contribution in [0.1, 0.15) is 58.3 Å². The van der Waals surface area contributed by atoms with Crippen molar-refractivity contribution < 1.29 is 14.3 Å². The van der Waals surface area contributed by atoms with E-state index in [9.17, 15) is 9.59 Å². The van der Waals surface area contributed by atoms with Crippen molar-refractivity contribution in [1.29, 1.82) is 0 Å². The highest BCUT2D eigenvalue weighted by Gasteiger charge is 2.41. The van der Waals surface area contributed by atoms with Crippen LogP contribution in [-0.2, 0) is 14.3 Å². The number of aliphatic imine (C=N–C) groups is 1. The Labute approximate surface area is 157 Å². The molecule has 0 saturated heterocycles. The Kier molecular flexibility index (Phi) is 10.1. The Morgan fingerprint density at radius 1 is 1.12 bits per heavy atom. The number of rotatable bonds is 10. The molecule has 0 atom stereocenters. The summed E-state index contributed by atoms with van der Waals surface area (Å²) in [5, 5.41) is 6.58. The third-order valence-corrected chi connectivity index (χ3v) is 4.88. The molecule has 1 saturated carbocycles. The van der Waals surface area contributed by atoms with Crippen molar-refractivity contribution in [3.63, 3.8) is 0 Å². The van der Waals surface area contributed by atoms with E-state index in [2.05, 4.69) is 15.4 Å². The smallest absolute Gasteiger partial charge is 0.305 e. The topological polar surface area (TPSA) is 83.0 Å². The first-order valence-corrected chi connectivity index (χ1v) is 9.76. The Hall–Kier alpha value is -1.79. The molecule has 7 heteroatoms. The normalized spacial score (nSPS) is 16.2. The minimum Gasteiger partial charge on any atom is -0.469 e. The fourth-order valence-corrected chi connectivity index (χ4v) is 3.42. The number of guanidine groups is 1. The molecule has 7 nitrogen and oxygen atoms in total. The largest absolute Gasteiger partial charge is 0.469 e. The van der Waals surface area contributed by atoms with Crippen LogP contribution >= 0.6 is 0 Å². The molecule has 2 N–H and O–H groups in total. The number of carbonyl (C=O) groups is 2. The van der Waals surface area contributed by atoms with Crippen LogP contribution in [0.15, 0.2) is 4.99 Å². The molecule has 150 valence electrons. The molecule has 1 rings (SSSR count). The zero-order valence-electron chi connectivity index (χ0n) is 16.9. The minimum atomic E-state index is -0.341. The number of carbonyl (C=O) groups excluding carboxylic acids is 2. The van der Waals surface area contributed by atoms with E-state index in [1.807, 2.05) is 21.0 Å². The van der Waals surface area contributed by atoms with Gasteiger partial charge in [-0.3, -0.25) is 14.6 Å². The van der Waals surface area contributed by atoms with Gasteiger partial charge in [-0.1, -0.05) is 19.3 Å². The zero-order chi connectivity index (χ0) is 19.4. The van der Waals surface area contributed by atoms with Gasteiger partial charge in [-0.25, -0.2) is 0 Å². The summed E-state index contributed by atoms with van der Waals surface area (Å²) in [4.78, 5) is 30.1. The highest BCUT2D eigenvalue weighted by atomic mass is 16.5. The van der Waals surface area contributed by atoms with E-state index in [-0.39, 0.29) is 17.3 Å². The molecule has 1 aliphatic carbocycles. The molecule has 0 aromatic heterocycles. The van der Waals surface area contributed by atoms with Gasteiger partial charge in [-0.2, -0.15) is 0 Å². The van der Waals surface area contributed by atoms with Crippen LogP contribution < -0.4 is 10.6 Å². The third-order valence-electron chi connectivity index (χ3n) is 4.88. The number of nitrogens with one attached hydrogen (secondary N) is 2. The van der Waals surface area contributed by atoms with Crippen molar-refractivity contribution >= 4 is 17.8 Å². The minimum absolute atomic E-state index is 0.153. The maximum absolute atomic E-state index is 12.6. The fraction of sp³-hybridized carbons (Fsp3) is 0.842. The Morgan fingerprint density at radius 3 is 2.38 bits per heavy atom. The molecule has 0 aliphatic heterocycles. The van der Waals surface area contributed by atoms with Gasteiger partial charge in [0.15, 0.2) is 5.96 Å². The number of nitrogens with zero attached hydrogens (tertiary/aromatic N) is 2. The van der Waals surface area contributed by atoms with Gasteiger partial charge in [0, 0.05) is 33.6 Å². The zero-order valence-corrected chi connectivity index (χ0v) is 16.9. The standard InChI is InChI=1S/C19H36N4O3/c1-5-20-18(21-14-10-6-7-11-16(24)26-4)22-15-19(12-8-9-13-19)17(25)23(2)3/h5-15H2,1-4H3,(H2,20,21,22). The third kappa shape index (κ3) is 7.22. The molecule has 1 amide bonds. The summed E-state index contributed by atoms with van der Waals surface area (Å²) in [5.74, 6) is 0.802. The summed E-state index contributed by atoms with van der Waals surface area (Å²) in [5.41, 5.74) is -0.341. The van der Waals surface area contributed by atoms with Crippen LogP contribution in [0, 0.1) is 5.41 Å². The first-order chi connectivity index (χ1) is 12.4. The highest BCUT2D eigenvalue weighted by Crippen LogP contribution is 2.39. The van der Waals surface area contributed by atoms with Crippen LogP contribution in [0.2, 0.25) is 0 Å². The lowest BCUT2D eigenvalue weighted by Gasteiger charge is -2.29. The first-order valence-electron chi connectivity index (χ1n) is 9.76. The average Bonchev–Trinajstić information content (AvgIpc) is 3.11. The van der Waals surface area contributed by atoms with Crippen LogP contribution in [-0.4, -0.2) is 63.6 Å². The van der Waals surface area contributed by atoms with Crippen LogP contribution in [0.25, 0.3) is 0 Å². The number of esters is 1. The summed E-state index contributed by atoms with van der Waals surface area (Å²) >= 11 is 0. The molecule has 0 aromatic rings. The second kappa shape index (κ2) is 11.8. The van der Waals surface area contributed by atoms with Crippen LogP contribution in [0.5, 0.6) is 0 Å². The predicted molar refractivity (Wildman–Crippen MR) is 104 cm³/mol. The fourth-order valence-electron chi connectivity index (χ4n) is 3.42. The maximum Gasteiger partial charge on any atom is 0.305 e. The van der Waals surface area contributed by atoms with E-state index in [1.165, 1.54) is 7.11 Å². The van der Waals surface area contributed by atoms with Gasteiger partial charge >= 0.3 is 5.97 Å². The van der Waals surface area contributed by atoms with Crippen LogP contribution in [0.4, 0.5) is 0 Å². The van der Waals surface area contributed by atoms with Crippen LogP contribution in [0.3, 0.4) is 0 Å². The molecule has 0 radical (unpaired) electrons. The van der Waals surface area contributed by atoms with E-state index in [1.54, 1.807) is 4.90 Å². The van der Waals surface area contributed by atoms with Crippen molar-refractivity contribution in [3.8, 4) is 0 Å². The number of unbranched alkanes of at least 4 members (excludes halogenated alkanes) is 2. The molecule has 0 heterocycles. The van der Waals surface area contributed by atoms with Gasteiger partial charge in [0.1, 0.15) is 0 Å². The number of amides is 1. The molecule has 0 unspecified atom stereocenters. The molecular formula is C19H36N4O3. The summed E-state index contributed by atoms with van der Waals surface area (Å²) in [6.07, 6.45) is 7.26. The number of ether oxygens (including phenoxy) is 1. The van der Waals surface area contributed by atoms with E-state index in [0.717, 1.165) is 64.0 Å².